The summed E-state index contributed by atoms with van der Waals surface area (Å²) in [5.41, 5.74) is 0.409. The highest BCUT2D eigenvalue weighted by Gasteiger charge is 2.11. The Bertz CT molecular complexity index is 921. The molecule has 1 N–H and O–H groups in total. The summed E-state index contributed by atoms with van der Waals surface area (Å²) in [6, 6.07) is 17.0. The quantitative estimate of drug-likeness (QED) is 0.804. The van der Waals surface area contributed by atoms with Gasteiger partial charge < -0.3 is 15.2 Å². The maximum Gasteiger partial charge on any atom is 0.255 e. The van der Waals surface area contributed by atoms with E-state index in [0.717, 1.165) is 10.8 Å². The van der Waals surface area contributed by atoms with Crippen LogP contribution < -0.4 is 10.4 Å². The fraction of sp³-hybridized carbons (Fsp3) is 0. The Labute approximate surface area is 137 Å². The summed E-state index contributed by atoms with van der Waals surface area (Å²) < 4.78 is 0. The molecule has 0 atom stereocenters. The van der Waals surface area contributed by atoms with Gasteiger partial charge in [-0.1, -0.05) is 41.9 Å². The molecule has 0 aliphatic heterocycles. The molecule has 23 heavy (non-hydrogen) atoms. The van der Waals surface area contributed by atoms with Crippen molar-refractivity contribution >= 4 is 39.9 Å². The Kier molecular flexibility index (Phi) is 4.00. The fourth-order valence-electron chi connectivity index (χ4n) is 2.32. The fourth-order valence-corrected chi connectivity index (χ4v) is 2.50. The number of aromatic carboxylic acids is 1. The molecule has 0 saturated carbocycles. The summed E-state index contributed by atoms with van der Waals surface area (Å²) in [6.45, 7) is 0. The first-order valence-corrected chi connectivity index (χ1v) is 7.23. The number of fused-ring (bicyclic) bond motifs is 1. The highest BCUT2D eigenvalue weighted by molar-refractivity contribution is 6.31. The van der Waals surface area contributed by atoms with Crippen molar-refractivity contribution in [3.05, 3.63) is 76.8 Å². The van der Waals surface area contributed by atoms with Gasteiger partial charge in [-0.3, -0.25) is 4.79 Å². The maximum absolute atomic E-state index is 12.4. The molecule has 0 heterocycles. The van der Waals surface area contributed by atoms with Gasteiger partial charge in [0, 0.05) is 16.1 Å². The lowest BCUT2D eigenvalue weighted by Crippen LogP contribution is -2.24. The van der Waals surface area contributed by atoms with E-state index in [4.69, 9.17) is 11.6 Å². The molecule has 3 rings (SSSR count). The molecular formula is C18H11ClNO3-. The third-order valence-electron chi connectivity index (χ3n) is 3.46. The van der Waals surface area contributed by atoms with Crippen LogP contribution in [0.3, 0.4) is 0 Å². The van der Waals surface area contributed by atoms with E-state index < -0.39 is 11.9 Å². The molecule has 0 radical (unpaired) electrons. The topological polar surface area (TPSA) is 69.2 Å². The van der Waals surface area contributed by atoms with Crippen LogP contribution in [0.1, 0.15) is 20.7 Å². The molecule has 3 aromatic rings. The van der Waals surface area contributed by atoms with Gasteiger partial charge in [-0.25, -0.2) is 0 Å². The van der Waals surface area contributed by atoms with Gasteiger partial charge in [0.05, 0.1) is 11.7 Å². The number of carbonyl (C=O) groups excluding carboxylic acids is 2. The third-order valence-corrected chi connectivity index (χ3v) is 3.70. The second-order valence-corrected chi connectivity index (χ2v) is 5.43. The van der Waals surface area contributed by atoms with E-state index in [2.05, 4.69) is 5.32 Å². The van der Waals surface area contributed by atoms with Crippen LogP contribution in [0.5, 0.6) is 0 Å². The Balaban J connectivity index is 1.94. The predicted octanol–water partition coefficient (Wildman–Crippen LogP) is 3.11. The zero-order valence-electron chi connectivity index (χ0n) is 11.9. The Morgan fingerprint density at radius 3 is 2.39 bits per heavy atom. The Morgan fingerprint density at radius 2 is 1.65 bits per heavy atom. The largest absolute Gasteiger partial charge is 0.545 e. The van der Waals surface area contributed by atoms with E-state index in [1.54, 1.807) is 12.1 Å². The number of benzene rings is 3. The van der Waals surface area contributed by atoms with Gasteiger partial charge in [-0.05, 0) is 41.1 Å². The van der Waals surface area contributed by atoms with Crippen molar-refractivity contribution in [2.75, 3.05) is 5.32 Å². The lowest BCUT2D eigenvalue weighted by Gasteiger charge is -2.12. The number of carboxylic acid groups (broad SMARTS) is 1. The standard InChI is InChI=1S/C18H12ClNO3/c19-14-7-8-15(18(22)23)16(10-14)20-17(21)13-6-5-11-3-1-2-4-12(11)9-13/h1-10H,(H,20,21)(H,22,23)/p-1. The predicted molar refractivity (Wildman–Crippen MR) is 87.7 cm³/mol. The average molecular weight is 325 g/mol. The molecule has 0 aliphatic rings. The number of rotatable bonds is 3. The molecule has 0 bridgehead atoms. The number of hydrogen-bond acceptors (Lipinski definition) is 3. The first-order valence-electron chi connectivity index (χ1n) is 6.85. The summed E-state index contributed by atoms with van der Waals surface area (Å²) in [7, 11) is 0. The average Bonchev–Trinajstić information content (AvgIpc) is 2.54. The lowest BCUT2D eigenvalue weighted by atomic mass is 10.1. The van der Waals surface area contributed by atoms with E-state index in [0.29, 0.717) is 10.6 Å². The van der Waals surface area contributed by atoms with Crippen molar-refractivity contribution < 1.29 is 14.7 Å². The van der Waals surface area contributed by atoms with Crippen LogP contribution in [0.4, 0.5) is 5.69 Å². The lowest BCUT2D eigenvalue weighted by molar-refractivity contribution is -0.254. The van der Waals surface area contributed by atoms with Crippen molar-refractivity contribution in [3.8, 4) is 0 Å². The first kappa shape index (κ1) is 15.1. The van der Waals surface area contributed by atoms with Gasteiger partial charge in [-0.15, -0.1) is 0 Å². The van der Waals surface area contributed by atoms with Crippen molar-refractivity contribution in [1.29, 1.82) is 0 Å². The van der Waals surface area contributed by atoms with Crippen LogP contribution in [-0.4, -0.2) is 11.9 Å². The molecule has 0 spiro atoms. The molecule has 3 aromatic carbocycles. The van der Waals surface area contributed by atoms with Crippen molar-refractivity contribution in [1.82, 2.24) is 0 Å². The zero-order chi connectivity index (χ0) is 16.4. The molecule has 0 fully saturated rings. The number of anilines is 1. The minimum atomic E-state index is -1.38. The normalized spacial score (nSPS) is 10.5. The molecular weight excluding hydrogens is 314 g/mol. The van der Waals surface area contributed by atoms with Crippen LogP contribution in [-0.2, 0) is 0 Å². The number of nitrogens with one attached hydrogen (secondary N) is 1. The van der Waals surface area contributed by atoms with Gasteiger partial charge in [-0.2, -0.15) is 0 Å². The molecule has 0 aromatic heterocycles. The van der Waals surface area contributed by atoms with Gasteiger partial charge in [0.15, 0.2) is 0 Å². The van der Waals surface area contributed by atoms with E-state index in [9.17, 15) is 14.7 Å². The van der Waals surface area contributed by atoms with Crippen LogP contribution >= 0.6 is 11.6 Å². The van der Waals surface area contributed by atoms with Gasteiger partial charge in [0.1, 0.15) is 0 Å². The van der Waals surface area contributed by atoms with Gasteiger partial charge in [0.2, 0.25) is 0 Å². The van der Waals surface area contributed by atoms with Gasteiger partial charge >= 0.3 is 0 Å². The van der Waals surface area contributed by atoms with E-state index in [1.165, 1.54) is 18.2 Å². The van der Waals surface area contributed by atoms with Crippen LogP contribution in [0.2, 0.25) is 5.02 Å². The maximum atomic E-state index is 12.4. The van der Waals surface area contributed by atoms with E-state index >= 15 is 0 Å². The first-order chi connectivity index (χ1) is 11.0. The molecule has 4 nitrogen and oxygen atoms in total. The number of carboxylic acids is 1. The van der Waals surface area contributed by atoms with E-state index in [-0.39, 0.29) is 11.3 Å². The number of halogens is 1. The molecule has 1 amide bonds. The number of amides is 1. The molecule has 0 saturated heterocycles. The number of carbonyl (C=O) groups is 2. The highest BCUT2D eigenvalue weighted by atomic mass is 35.5. The van der Waals surface area contributed by atoms with Crippen LogP contribution in [0, 0.1) is 0 Å². The third kappa shape index (κ3) is 3.17. The molecule has 114 valence electrons. The summed E-state index contributed by atoms with van der Waals surface area (Å²) in [4.78, 5) is 23.5. The second kappa shape index (κ2) is 6.10. The summed E-state index contributed by atoms with van der Waals surface area (Å²) in [6.07, 6.45) is 0. The summed E-state index contributed by atoms with van der Waals surface area (Å²) >= 11 is 5.86. The Morgan fingerprint density at radius 1 is 0.913 bits per heavy atom. The molecule has 0 unspecified atom stereocenters. The Hall–Kier alpha value is -2.85. The molecule has 5 heteroatoms. The van der Waals surface area contributed by atoms with Crippen LogP contribution in [0.25, 0.3) is 10.8 Å². The van der Waals surface area contributed by atoms with E-state index in [1.807, 2.05) is 30.3 Å². The number of hydrogen-bond donors (Lipinski definition) is 1. The SMILES string of the molecule is O=C(Nc1cc(Cl)ccc1C(=O)[O-])c1ccc2ccccc2c1. The van der Waals surface area contributed by atoms with Crippen molar-refractivity contribution in [3.63, 3.8) is 0 Å². The summed E-state index contributed by atoms with van der Waals surface area (Å²) in [5.74, 6) is -1.80. The minimum absolute atomic E-state index is 0.107. The van der Waals surface area contributed by atoms with Crippen LogP contribution in [0.15, 0.2) is 60.7 Å². The van der Waals surface area contributed by atoms with Crippen molar-refractivity contribution in [2.45, 2.75) is 0 Å². The van der Waals surface area contributed by atoms with Gasteiger partial charge in [0.25, 0.3) is 5.91 Å². The highest BCUT2D eigenvalue weighted by Crippen LogP contribution is 2.22. The smallest absolute Gasteiger partial charge is 0.255 e. The van der Waals surface area contributed by atoms with Crippen molar-refractivity contribution in [2.24, 2.45) is 0 Å². The summed E-state index contributed by atoms with van der Waals surface area (Å²) in [5, 5.41) is 16.0. The second-order valence-electron chi connectivity index (χ2n) is 4.99. The monoisotopic (exact) mass is 324 g/mol. The molecule has 0 aliphatic carbocycles. The zero-order valence-corrected chi connectivity index (χ0v) is 12.6. The minimum Gasteiger partial charge on any atom is -0.545 e.